The van der Waals surface area contributed by atoms with Gasteiger partial charge in [-0.1, -0.05) is 91.0 Å². The van der Waals surface area contributed by atoms with Crippen molar-refractivity contribution in [1.29, 1.82) is 5.26 Å². The minimum Gasteiger partial charge on any atom is -0.309 e. The van der Waals surface area contributed by atoms with E-state index in [0.29, 0.717) is 11.4 Å². The van der Waals surface area contributed by atoms with Crippen LogP contribution in [0.2, 0.25) is 0 Å². The maximum absolute atomic E-state index is 9.94. The van der Waals surface area contributed by atoms with Crippen LogP contribution in [0, 0.1) is 11.3 Å². The minimum absolute atomic E-state index is 0.634. The predicted molar refractivity (Wildman–Crippen MR) is 204 cm³/mol. The van der Waals surface area contributed by atoms with E-state index >= 15 is 0 Å². The third kappa shape index (κ3) is 4.19. The second kappa shape index (κ2) is 11.0. The van der Waals surface area contributed by atoms with Crippen molar-refractivity contribution in [1.82, 2.24) is 19.1 Å². The summed E-state index contributed by atoms with van der Waals surface area (Å²) >= 11 is 0. The summed E-state index contributed by atoms with van der Waals surface area (Å²) in [6.07, 6.45) is 0. The second-order valence-corrected chi connectivity index (χ2v) is 12.5. The first-order chi connectivity index (χ1) is 24.8. The van der Waals surface area contributed by atoms with Crippen molar-refractivity contribution >= 4 is 54.5 Å². The number of hydrogen-bond acceptors (Lipinski definition) is 3. The average molecular weight is 638 g/mol. The van der Waals surface area contributed by atoms with E-state index < -0.39 is 0 Å². The Morgan fingerprint density at radius 3 is 1.68 bits per heavy atom. The van der Waals surface area contributed by atoms with Crippen molar-refractivity contribution in [3.05, 3.63) is 169 Å². The molecule has 10 aromatic rings. The smallest absolute Gasteiger partial charge is 0.160 e. The fraction of sp³-hybridized carbons (Fsp3) is 0. The van der Waals surface area contributed by atoms with Crippen LogP contribution < -0.4 is 0 Å². The SMILES string of the molecule is N#Cc1ccccc1-n1c2ccccc2c2cc(-c3nc(-c4ccc(-n5c6ccccc6c6ccccc65)cc4)nc4ccccc34)ccc21. The van der Waals surface area contributed by atoms with Gasteiger partial charge in [0.1, 0.15) is 6.07 Å². The number of nitrogens with zero attached hydrogens (tertiary/aromatic N) is 5. The zero-order chi connectivity index (χ0) is 33.2. The van der Waals surface area contributed by atoms with Crippen LogP contribution in [-0.2, 0) is 0 Å². The van der Waals surface area contributed by atoms with Crippen LogP contribution in [0.3, 0.4) is 0 Å². The molecule has 0 saturated heterocycles. The molecule has 3 heterocycles. The lowest BCUT2D eigenvalue weighted by Crippen LogP contribution is -1.98. The lowest BCUT2D eigenvalue weighted by molar-refractivity contribution is 1.17. The molecule has 0 aliphatic carbocycles. The van der Waals surface area contributed by atoms with Gasteiger partial charge >= 0.3 is 0 Å². The molecular weight excluding hydrogens is 611 g/mol. The van der Waals surface area contributed by atoms with Gasteiger partial charge in [0.15, 0.2) is 5.82 Å². The van der Waals surface area contributed by atoms with Crippen molar-refractivity contribution < 1.29 is 0 Å². The Kier molecular flexibility index (Phi) is 6.17. The topological polar surface area (TPSA) is 59.4 Å². The molecule has 0 aliphatic heterocycles. The summed E-state index contributed by atoms with van der Waals surface area (Å²) in [6.45, 7) is 0. The summed E-state index contributed by atoms with van der Waals surface area (Å²) < 4.78 is 4.51. The molecule has 232 valence electrons. The molecule has 0 amide bonds. The summed E-state index contributed by atoms with van der Waals surface area (Å²) in [5.41, 5.74) is 10.8. The highest BCUT2D eigenvalue weighted by molar-refractivity contribution is 6.11. The molecule has 5 nitrogen and oxygen atoms in total. The Morgan fingerprint density at radius 2 is 0.980 bits per heavy atom. The van der Waals surface area contributed by atoms with Crippen LogP contribution in [-0.4, -0.2) is 19.1 Å². The Balaban J connectivity index is 1.13. The van der Waals surface area contributed by atoms with Crippen molar-refractivity contribution in [2.45, 2.75) is 0 Å². The number of nitriles is 1. The fourth-order valence-electron chi connectivity index (χ4n) is 7.53. The molecule has 0 aliphatic rings. The Labute approximate surface area is 287 Å². The standard InChI is InChI=1S/C45H27N5/c46-28-31-11-1-7-17-39(31)50-42-20-10-5-14-35(42)37-27-30(23-26-43(37)50)44-36-15-2-6-16-38(36)47-45(48-44)29-21-24-32(25-22-29)49-40-18-8-3-12-33(40)34-13-4-9-19-41(34)49/h1-27H. The summed E-state index contributed by atoms with van der Waals surface area (Å²) in [4.78, 5) is 10.3. The molecule has 0 radical (unpaired) electrons. The predicted octanol–water partition coefficient (Wildman–Crippen LogP) is 11.0. The van der Waals surface area contributed by atoms with Crippen LogP contribution in [0.5, 0.6) is 0 Å². The third-order valence-electron chi connectivity index (χ3n) is 9.78. The van der Waals surface area contributed by atoms with Crippen LogP contribution in [0.1, 0.15) is 5.56 Å². The molecule has 5 heteroatoms. The number of aromatic nitrogens is 4. The number of rotatable bonds is 4. The Bertz CT molecular complexity index is 2940. The fourth-order valence-corrected chi connectivity index (χ4v) is 7.53. The summed E-state index contributed by atoms with van der Waals surface area (Å²) in [5.74, 6) is 0.679. The average Bonchev–Trinajstić information content (AvgIpc) is 3.70. The molecule has 0 spiro atoms. The van der Waals surface area contributed by atoms with Gasteiger partial charge in [-0.25, -0.2) is 9.97 Å². The lowest BCUT2D eigenvalue weighted by atomic mass is 10.0. The van der Waals surface area contributed by atoms with Gasteiger partial charge < -0.3 is 9.13 Å². The van der Waals surface area contributed by atoms with E-state index in [1.54, 1.807) is 0 Å². The first kappa shape index (κ1) is 28.0. The monoisotopic (exact) mass is 637 g/mol. The number of para-hydroxylation sites is 5. The molecule has 0 fully saturated rings. The minimum atomic E-state index is 0.634. The van der Waals surface area contributed by atoms with Gasteiger partial charge in [-0.2, -0.15) is 5.26 Å². The van der Waals surface area contributed by atoms with Gasteiger partial charge in [0.05, 0.1) is 44.5 Å². The van der Waals surface area contributed by atoms with Crippen LogP contribution in [0.4, 0.5) is 0 Å². The lowest BCUT2D eigenvalue weighted by Gasteiger charge is -2.12. The molecule has 0 N–H and O–H groups in total. The Morgan fingerprint density at radius 1 is 0.440 bits per heavy atom. The van der Waals surface area contributed by atoms with Crippen molar-refractivity contribution in [2.75, 3.05) is 0 Å². The Hall–Kier alpha value is -7.03. The van der Waals surface area contributed by atoms with Crippen LogP contribution in [0.25, 0.3) is 88.5 Å². The highest BCUT2D eigenvalue weighted by Gasteiger charge is 2.18. The van der Waals surface area contributed by atoms with E-state index in [9.17, 15) is 5.26 Å². The van der Waals surface area contributed by atoms with Crippen molar-refractivity contribution in [3.63, 3.8) is 0 Å². The molecule has 10 rings (SSSR count). The van der Waals surface area contributed by atoms with E-state index in [-0.39, 0.29) is 0 Å². The first-order valence-electron chi connectivity index (χ1n) is 16.7. The van der Waals surface area contributed by atoms with Gasteiger partial charge in [-0.3, -0.25) is 0 Å². The third-order valence-corrected chi connectivity index (χ3v) is 9.78. The molecule has 0 bridgehead atoms. The van der Waals surface area contributed by atoms with Crippen LogP contribution in [0.15, 0.2) is 164 Å². The van der Waals surface area contributed by atoms with E-state index in [2.05, 4.69) is 137 Å². The summed E-state index contributed by atoms with van der Waals surface area (Å²) in [6, 6.07) is 58.9. The quantitative estimate of drug-likeness (QED) is 0.193. The maximum atomic E-state index is 9.94. The molecule has 0 atom stereocenters. The molecule has 7 aromatic carbocycles. The second-order valence-electron chi connectivity index (χ2n) is 12.5. The summed E-state index contributed by atoms with van der Waals surface area (Å²) in [5, 5.41) is 15.6. The van der Waals surface area contributed by atoms with E-state index in [1.165, 1.54) is 21.8 Å². The maximum Gasteiger partial charge on any atom is 0.160 e. The van der Waals surface area contributed by atoms with Crippen molar-refractivity contribution in [3.8, 4) is 40.1 Å². The summed E-state index contributed by atoms with van der Waals surface area (Å²) in [7, 11) is 0. The van der Waals surface area contributed by atoms with E-state index in [4.69, 9.17) is 9.97 Å². The molecule has 0 saturated carbocycles. The molecule has 3 aromatic heterocycles. The van der Waals surface area contributed by atoms with Gasteiger partial charge in [-0.15, -0.1) is 0 Å². The van der Waals surface area contributed by atoms with E-state index in [0.717, 1.165) is 60.9 Å². The van der Waals surface area contributed by atoms with Crippen LogP contribution >= 0.6 is 0 Å². The largest absolute Gasteiger partial charge is 0.309 e. The molecule has 0 unspecified atom stereocenters. The number of fused-ring (bicyclic) bond motifs is 7. The highest BCUT2D eigenvalue weighted by atomic mass is 15.0. The first-order valence-corrected chi connectivity index (χ1v) is 16.7. The molecule has 50 heavy (non-hydrogen) atoms. The van der Waals surface area contributed by atoms with E-state index in [1.807, 2.05) is 42.5 Å². The van der Waals surface area contributed by atoms with Crippen molar-refractivity contribution in [2.24, 2.45) is 0 Å². The van der Waals surface area contributed by atoms with Gasteiger partial charge in [0, 0.05) is 43.7 Å². The number of benzene rings is 7. The zero-order valence-corrected chi connectivity index (χ0v) is 26.8. The number of hydrogen-bond donors (Lipinski definition) is 0. The van der Waals surface area contributed by atoms with Gasteiger partial charge in [0.2, 0.25) is 0 Å². The normalized spacial score (nSPS) is 11.6. The highest BCUT2D eigenvalue weighted by Crippen LogP contribution is 2.38. The molecular formula is C45H27N5. The zero-order valence-electron chi connectivity index (χ0n) is 26.8. The van der Waals surface area contributed by atoms with Gasteiger partial charge in [-0.05, 0) is 72.8 Å². The van der Waals surface area contributed by atoms with Gasteiger partial charge in [0.25, 0.3) is 0 Å².